The number of alkyl halides is 1. The molecule has 0 aliphatic carbocycles. The topological polar surface area (TPSA) is 3.24 Å². The Morgan fingerprint density at radius 1 is 1.08 bits per heavy atom. The van der Waals surface area contributed by atoms with Crippen LogP contribution in [0.2, 0.25) is 0 Å². The molecule has 0 unspecified atom stereocenters. The Kier molecular flexibility index (Phi) is 6.29. The van der Waals surface area contributed by atoms with E-state index in [-0.39, 0.29) is 6.67 Å². The van der Waals surface area contributed by atoms with Gasteiger partial charge < -0.3 is 4.90 Å². The van der Waals surface area contributed by atoms with Gasteiger partial charge in [-0.15, -0.1) is 0 Å². The van der Waals surface area contributed by atoms with E-state index in [0.717, 1.165) is 5.56 Å². The van der Waals surface area contributed by atoms with Crippen molar-refractivity contribution in [2.75, 3.05) is 21.1 Å². The van der Waals surface area contributed by atoms with Crippen LogP contribution in [0.25, 0.3) is 0 Å². The standard InChI is InChI=1S/C7H7F.C3H9N/c8-6-7-4-2-1-3-5-7;1-4(2)3/h1-5H,6H2;1-3H3. The number of halogens is 1. The molecule has 2 heteroatoms. The molecule has 0 heterocycles. The average molecular weight is 169 g/mol. The molecule has 0 aromatic heterocycles. The largest absolute Gasteiger partial charge is 0.312 e. The molecule has 68 valence electrons. The van der Waals surface area contributed by atoms with Gasteiger partial charge in [-0.05, 0) is 26.7 Å². The van der Waals surface area contributed by atoms with Crippen molar-refractivity contribution in [1.29, 1.82) is 0 Å². The van der Waals surface area contributed by atoms with Gasteiger partial charge in [0.2, 0.25) is 0 Å². The highest BCUT2D eigenvalue weighted by Crippen LogP contribution is 1.98. The molecule has 1 aromatic carbocycles. The summed E-state index contributed by atoms with van der Waals surface area (Å²) in [6, 6.07) is 9.06. The minimum atomic E-state index is -0.360. The summed E-state index contributed by atoms with van der Waals surface area (Å²) in [6.07, 6.45) is 0. The maximum atomic E-state index is 11.7. The van der Waals surface area contributed by atoms with E-state index in [2.05, 4.69) is 0 Å². The molecule has 0 amide bonds. The summed E-state index contributed by atoms with van der Waals surface area (Å²) in [6.45, 7) is -0.360. The number of hydrogen-bond acceptors (Lipinski definition) is 1. The molecule has 0 aliphatic rings. The number of nitrogens with zero attached hydrogens (tertiary/aromatic N) is 1. The van der Waals surface area contributed by atoms with E-state index in [4.69, 9.17) is 0 Å². The van der Waals surface area contributed by atoms with Crippen LogP contribution in [-0.2, 0) is 6.67 Å². The highest BCUT2D eigenvalue weighted by molar-refractivity contribution is 5.13. The molecule has 0 saturated heterocycles. The fourth-order valence-electron chi connectivity index (χ4n) is 0.567. The third-order valence-corrected chi connectivity index (χ3v) is 0.997. The molecule has 0 atom stereocenters. The van der Waals surface area contributed by atoms with Crippen LogP contribution >= 0.6 is 0 Å². The first-order chi connectivity index (χ1) is 5.66. The summed E-state index contributed by atoms with van der Waals surface area (Å²) in [4.78, 5) is 2.00. The van der Waals surface area contributed by atoms with Crippen LogP contribution in [0.4, 0.5) is 4.39 Å². The summed E-state index contributed by atoms with van der Waals surface area (Å²) in [5, 5.41) is 0. The molecule has 1 rings (SSSR count). The van der Waals surface area contributed by atoms with Crippen molar-refractivity contribution >= 4 is 0 Å². The van der Waals surface area contributed by atoms with Crippen molar-refractivity contribution in [3.8, 4) is 0 Å². The highest BCUT2D eigenvalue weighted by Gasteiger charge is 1.82. The van der Waals surface area contributed by atoms with Gasteiger partial charge in [0.15, 0.2) is 0 Å². The van der Waals surface area contributed by atoms with Crippen LogP contribution in [0.5, 0.6) is 0 Å². The minimum absolute atomic E-state index is 0.360. The first-order valence-corrected chi connectivity index (χ1v) is 3.87. The first kappa shape index (κ1) is 11.1. The monoisotopic (exact) mass is 169 g/mol. The summed E-state index contributed by atoms with van der Waals surface area (Å²) in [5.41, 5.74) is 0.743. The Morgan fingerprint density at radius 3 is 1.75 bits per heavy atom. The highest BCUT2D eigenvalue weighted by atomic mass is 19.1. The van der Waals surface area contributed by atoms with E-state index in [1.165, 1.54) is 0 Å². The van der Waals surface area contributed by atoms with E-state index in [1.54, 1.807) is 12.1 Å². The van der Waals surface area contributed by atoms with Crippen molar-refractivity contribution in [1.82, 2.24) is 4.90 Å². The normalized spacial score (nSPS) is 9.08. The molecule has 0 bridgehead atoms. The minimum Gasteiger partial charge on any atom is -0.312 e. The van der Waals surface area contributed by atoms with Gasteiger partial charge in [0.1, 0.15) is 6.67 Å². The van der Waals surface area contributed by atoms with Crippen molar-refractivity contribution in [3.63, 3.8) is 0 Å². The Bertz CT molecular complexity index is 182. The van der Waals surface area contributed by atoms with Gasteiger partial charge in [-0.2, -0.15) is 0 Å². The van der Waals surface area contributed by atoms with Crippen molar-refractivity contribution in [2.24, 2.45) is 0 Å². The van der Waals surface area contributed by atoms with E-state index < -0.39 is 0 Å². The molecule has 0 radical (unpaired) electrons. The molecule has 0 saturated carbocycles. The van der Waals surface area contributed by atoms with Crippen LogP contribution in [0, 0.1) is 0 Å². The van der Waals surface area contributed by atoms with Crippen molar-refractivity contribution in [2.45, 2.75) is 6.67 Å². The van der Waals surface area contributed by atoms with Gasteiger partial charge in [0.25, 0.3) is 0 Å². The molecular weight excluding hydrogens is 153 g/mol. The van der Waals surface area contributed by atoms with Gasteiger partial charge in [-0.1, -0.05) is 30.3 Å². The maximum Gasteiger partial charge on any atom is 0.115 e. The molecule has 0 fully saturated rings. The Morgan fingerprint density at radius 2 is 1.50 bits per heavy atom. The summed E-state index contributed by atoms with van der Waals surface area (Å²) in [5.74, 6) is 0. The molecule has 0 spiro atoms. The quantitative estimate of drug-likeness (QED) is 0.623. The number of benzene rings is 1. The summed E-state index contributed by atoms with van der Waals surface area (Å²) >= 11 is 0. The van der Waals surface area contributed by atoms with Crippen LogP contribution in [-0.4, -0.2) is 26.0 Å². The molecular formula is C10H16FN. The second-order valence-corrected chi connectivity index (χ2v) is 2.96. The third-order valence-electron chi connectivity index (χ3n) is 0.997. The van der Waals surface area contributed by atoms with Gasteiger partial charge >= 0.3 is 0 Å². The van der Waals surface area contributed by atoms with E-state index in [1.807, 2.05) is 44.2 Å². The van der Waals surface area contributed by atoms with Crippen LogP contribution < -0.4 is 0 Å². The Labute approximate surface area is 73.8 Å². The Hall–Kier alpha value is -0.890. The molecule has 1 nitrogen and oxygen atoms in total. The Balaban J connectivity index is 0.000000261. The smallest absolute Gasteiger partial charge is 0.115 e. The molecule has 0 N–H and O–H groups in total. The van der Waals surface area contributed by atoms with Gasteiger partial charge in [-0.3, -0.25) is 0 Å². The summed E-state index contributed by atoms with van der Waals surface area (Å²) in [7, 11) is 6.00. The van der Waals surface area contributed by atoms with Gasteiger partial charge in [0.05, 0.1) is 0 Å². The fourth-order valence-corrected chi connectivity index (χ4v) is 0.567. The summed E-state index contributed by atoms with van der Waals surface area (Å²) < 4.78 is 11.7. The maximum absolute atomic E-state index is 11.7. The van der Waals surface area contributed by atoms with E-state index in [0.29, 0.717) is 0 Å². The van der Waals surface area contributed by atoms with Crippen LogP contribution in [0.15, 0.2) is 30.3 Å². The SMILES string of the molecule is CN(C)C.FCc1ccccc1. The van der Waals surface area contributed by atoms with Gasteiger partial charge in [0, 0.05) is 0 Å². The molecule has 1 aromatic rings. The average Bonchev–Trinajstić information content (AvgIpc) is 2.05. The van der Waals surface area contributed by atoms with E-state index in [9.17, 15) is 4.39 Å². The number of hydrogen-bond donors (Lipinski definition) is 0. The zero-order valence-electron chi connectivity index (χ0n) is 7.92. The number of rotatable bonds is 1. The second kappa shape index (κ2) is 6.80. The zero-order valence-corrected chi connectivity index (χ0v) is 7.92. The molecule has 12 heavy (non-hydrogen) atoms. The lowest BCUT2D eigenvalue weighted by molar-refractivity contribution is 0.485. The van der Waals surface area contributed by atoms with Gasteiger partial charge in [-0.25, -0.2) is 4.39 Å². The van der Waals surface area contributed by atoms with Crippen LogP contribution in [0.1, 0.15) is 5.56 Å². The third kappa shape index (κ3) is 7.22. The lowest BCUT2D eigenvalue weighted by Gasteiger charge is -1.90. The van der Waals surface area contributed by atoms with Crippen molar-refractivity contribution in [3.05, 3.63) is 35.9 Å². The predicted molar refractivity (Wildman–Crippen MR) is 50.9 cm³/mol. The zero-order chi connectivity index (χ0) is 9.40. The van der Waals surface area contributed by atoms with E-state index >= 15 is 0 Å². The fraction of sp³-hybridized carbons (Fsp3) is 0.400. The van der Waals surface area contributed by atoms with Crippen LogP contribution in [0.3, 0.4) is 0 Å². The molecule has 0 aliphatic heterocycles. The second-order valence-electron chi connectivity index (χ2n) is 2.96. The van der Waals surface area contributed by atoms with Crippen molar-refractivity contribution < 1.29 is 4.39 Å². The lowest BCUT2D eigenvalue weighted by atomic mass is 10.2. The predicted octanol–water partition coefficient (Wildman–Crippen LogP) is 2.33. The lowest BCUT2D eigenvalue weighted by Crippen LogP contribution is -1.99. The first-order valence-electron chi connectivity index (χ1n) is 3.87.